The Kier molecular flexibility index (Phi) is 7.88. The van der Waals surface area contributed by atoms with E-state index >= 15 is 0 Å². The lowest BCUT2D eigenvalue weighted by molar-refractivity contribution is -0.153. The van der Waals surface area contributed by atoms with E-state index in [1.165, 1.54) is 4.90 Å². The Morgan fingerprint density at radius 1 is 1.07 bits per heavy atom. The lowest BCUT2D eigenvalue weighted by atomic mass is 9.57. The van der Waals surface area contributed by atoms with Crippen molar-refractivity contribution in [3.63, 3.8) is 0 Å². The highest BCUT2D eigenvalue weighted by atomic mass is 16.3. The van der Waals surface area contributed by atoms with Crippen LogP contribution in [0.3, 0.4) is 0 Å². The number of aryl methyl sites for hydroxylation is 1. The summed E-state index contributed by atoms with van der Waals surface area (Å²) >= 11 is 0. The van der Waals surface area contributed by atoms with Gasteiger partial charge in [0.1, 0.15) is 22.8 Å². The molecule has 0 saturated heterocycles. The molecule has 0 aromatic heterocycles. The van der Waals surface area contributed by atoms with Crippen molar-refractivity contribution in [2.24, 2.45) is 17.6 Å². The molecule has 8 N–H and O–H groups in total. The first-order valence-corrected chi connectivity index (χ1v) is 14.4. The molecule has 4 atom stereocenters. The van der Waals surface area contributed by atoms with E-state index in [2.05, 4.69) is 10.6 Å². The second kappa shape index (κ2) is 11.2. The van der Waals surface area contributed by atoms with E-state index in [1.807, 2.05) is 19.1 Å². The average Bonchev–Trinajstić information content (AvgIpc) is 2.95. The van der Waals surface area contributed by atoms with Gasteiger partial charge in [-0.15, -0.1) is 0 Å². The number of aliphatic hydroxyl groups is 3. The minimum atomic E-state index is -2.72. The summed E-state index contributed by atoms with van der Waals surface area (Å²) in [7, 11) is 6.63. The first-order valence-electron chi connectivity index (χ1n) is 14.4. The number of anilines is 2. The molecule has 0 aliphatic heterocycles. The molecule has 5 rings (SSSR count). The van der Waals surface area contributed by atoms with Gasteiger partial charge in [0.15, 0.2) is 11.4 Å². The van der Waals surface area contributed by atoms with Crippen LogP contribution in [0.4, 0.5) is 16.2 Å². The number of amides is 3. The molecule has 45 heavy (non-hydrogen) atoms. The monoisotopic (exact) mass is 619 g/mol. The van der Waals surface area contributed by atoms with Gasteiger partial charge in [0.25, 0.3) is 5.91 Å². The predicted molar refractivity (Wildman–Crippen MR) is 166 cm³/mol. The largest absolute Gasteiger partial charge is 0.508 e. The Morgan fingerprint density at radius 3 is 2.29 bits per heavy atom. The molecule has 13 nitrogen and oxygen atoms in total. The number of aromatic hydroxyl groups is 1. The van der Waals surface area contributed by atoms with Crippen LogP contribution >= 0.6 is 0 Å². The van der Waals surface area contributed by atoms with Crippen molar-refractivity contribution in [2.45, 2.75) is 38.0 Å². The Hall–Kier alpha value is -4.88. The third kappa shape index (κ3) is 4.97. The second-order valence-corrected chi connectivity index (χ2v) is 12.3. The zero-order valence-electron chi connectivity index (χ0n) is 25.6. The first kappa shape index (κ1) is 31.5. The Morgan fingerprint density at radius 2 is 1.71 bits per heavy atom. The number of nitrogens with one attached hydrogen (secondary N) is 2. The second-order valence-electron chi connectivity index (χ2n) is 12.3. The molecule has 3 aliphatic rings. The quantitative estimate of drug-likeness (QED) is 0.233. The normalized spacial score (nSPS) is 24.2. The minimum absolute atomic E-state index is 0.0120. The number of phenols is 1. The van der Waals surface area contributed by atoms with Gasteiger partial charge in [-0.05, 0) is 63.5 Å². The zero-order chi connectivity index (χ0) is 33.1. The van der Waals surface area contributed by atoms with Gasteiger partial charge in [-0.1, -0.05) is 17.7 Å². The van der Waals surface area contributed by atoms with E-state index in [9.17, 15) is 39.6 Å². The minimum Gasteiger partial charge on any atom is -0.508 e. The standard InChI is InChI=1S/C32H37N5O8/c1-14-6-8-17(9-7-14)35-31(44)34-13-16-12-20(36(2)3)18-10-15-11-19-24(37(4)5)27(40)23(30(33)43)29(42)32(19,45)28(41)21(15)26(39)22(18)25(16)38/h6-9,12,15,19,24,38-39,42,45H,10-11,13H2,1-5H3,(H2,33,43)(H2,34,35,44)/t15?,19?,24-,32-/m0/s1. The number of carbonyl (C=O) groups is 4. The van der Waals surface area contributed by atoms with Crippen LogP contribution in [0.15, 0.2) is 47.2 Å². The van der Waals surface area contributed by atoms with Gasteiger partial charge in [0.05, 0.1) is 11.6 Å². The molecule has 2 aromatic rings. The summed E-state index contributed by atoms with van der Waals surface area (Å²) < 4.78 is 0. The van der Waals surface area contributed by atoms with Gasteiger partial charge in [0.2, 0.25) is 5.78 Å². The summed E-state index contributed by atoms with van der Waals surface area (Å²) in [5.74, 6) is -7.18. The summed E-state index contributed by atoms with van der Waals surface area (Å²) in [6.07, 6.45) is 0.138. The maximum Gasteiger partial charge on any atom is 0.319 e. The number of urea groups is 1. The molecule has 1 saturated carbocycles. The zero-order valence-corrected chi connectivity index (χ0v) is 25.6. The van der Waals surface area contributed by atoms with E-state index in [1.54, 1.807) is 51.3 Å². The number of nitrogens with two attached hydrogens (primary N) is 1. The summed E-state index contributed by atoms with van der Waals surface area (Å²) in [4.78, 5) is 55.4. The van der Waals surface area contributed by atoms with Gasteiger partial charge < -0.3 is 41.7 Å². The van der Waals surface area contributed by atoms with Crippen molar-refractivity contribution in [3.8, 4) is 5.75 Å². The molecule has 2 unspecified atom stereocenters. The van der Waals surface area contributed by atoms with Crippen LogP contribution in [0.5, 0.6) is 5.75 Å². The highest BCUT2D eigenvalue weighted by molar-refractivity contribution is 6.24. The molecule has 0 heterocycles. The number of nitrogens with zero attached hydrogens (tertiary/aromatic N) is 2. The van der Waals surface area contributed by atoms with E-state index in [-0.39, 0.29) is 41.8 Å². The van der Waals surface area contributed by atoms with Gasteiger partial charge in [-0.2, -0.15) is 0 Å². The topological polar surface area (TPSA) is 206 Å². The summed E-state index contributed by atoms with van der Waals surface area (Å²) in [6, 6.07) is 7.17. The van der Waals surface area contributed by atoms with Crippen molar-refractivity contribution in [1.82, 2.24) is 10.2 Å². The summed E-state index contributed by atoms with van der Waals surface area (Å²) in [5.41, 5.74) is 4.48. The number of fused-ring (bicyclic) bond motifs is 3. The van der Waals surface area contributed by atoms with Crippen molar-refractivity contribution in [2.75, 3.05) is 38.4 Å². The molecular weight excluding hydrogens is 582 g/mol. The van der Waals surface area contributed by atoms with Crippen molar-refractivity contribution < 1.29 is 39.6 Å². The Bertz CT molecular complexity index is 1690. The number of hydrogen-bond donors (Lipinski definition) is 7. The van der Waals surface area contributed by atoms with E-state index in [4.69, 9.17) is 5.73 Å². The molecular formula is C32H37N5O8. The highest BCUT2D eigenvalue weighted by Crippen LogP contribution is 2.54. The number of primary amides is 1. The summed E-state index contributed by atoms with van der Waals surface area (Å²) in [5, 5.41) is 51.3. The average molecular weight is 620 g/mol. The van der Waals surface area contributed by atoms with E-state index in [0.717, 1.165) is 5.56 Å². The number of benzene rings is 2. The van der Waals surface area contributed by atoms with Gasteiger partial charge in [-0.3, -0.25) is 19.3 Å². The fraction of sp³-hybridized carbons (Fsp3) is 0.375. The lowest BCUT2D eigenvalue weighted by Gasteiger charge is -2.50. The predicted octanol–water partition coefficient (Wildman–Crippen LogP) is 1.66. The molecule has 3 aliphatic carbocycles. The van der Waals surface area contributed by atoms with E-state index < -0.39 is 64.1 Å². The fourth-order valence-electron chi connectivity index (χ4n) is 6.87. The number of rotatable bonds is 6. The first-order chi connectivity index (χ1) is 21.1. The van der Waals surface area contributed by atoms with Crippen LogP contribution in [-0.4, -0.2) is 88.7 Å². The smallest absolute Gasteiger partial charge is 0.319 e. The summed E-state index contributed by atoms with van der Waals surface area (Å²) in [6.45, 7) is 1.79. The van der Waals surface area contributed by atoms with Crippen LogP contribution < -0.4 is 21.3 Å². The Labute approximate surface area is 259 Å². The fourth-order valence-corrected chi connectivity index (χ4v) is 6.87. The lowest BCUT2D eigenvalue weighted by Crippen LogP contribution is -2.65. The van der Waals surface area contributed by atoms with Crippen LogP contribution in [0.1, 0.15) is 28.7 Å². The number of ketones is 2. The van der Waals surface area contributed by atoms with Crippen molar-refractivity contribution >= 4 is 40.6 Å². The Balaban J connectivity index is 1.57. The number of aliphatic hydroxyl groups excluding tert-OH is 2. The third-order valence-electron chi connectivity index (χ3n) is 9.01. The van der Waals surface area contributed by atoms with Gasteiger partial charge in [-0.25, -0.2) is 4.79 Å². The van der Waals surface area contributed by atoms with E-state index in [0.29, 0.717) is 16.9 Å². The molecule has 0 spiro atoms. The molecule has 2 aromatic carbocycles. The maximum atomic E-state index is 14.1. The molecule has 0 bridgehead atoms. The van der Waals surface area contributed by atoms with Crippen LogP contribution in [-0.2, 0) is 27.3 Å². The number of likely N-dealkylation sites (N-methyl/N-ethyl adjacent to an activating group) is 1. The molecule has 3 amide bonds. The molecule has 13 heteroatoms. The van der Waals surface area contributed by atoms with Crippen LogP contribution in [0.25, 0.3) is 5.76 Å². The molecule has 1 fully saturated rings. The van der Waals surface area contributed by atoms with Crippen LogP contribution in [0, 0.1) is 18.8 Å². The maximum absolute atomic E-state index is 14.1. The van der Waals surface area contributed by atoms with Gasteiger partial charge >= 0.3 is 6.03 Å². The third-order valence-corrected chi connectivity index (χ3v) is 9.01. The SMILES string of the molecule is Cc1ccc(NC(=O)NCc2cc(N(C)C)c3c(c2O)C(O)=C2C(=O)[C@]4(O)C(O)=C(C(N)=O)C(=O)[C@@H](N(C)C)C4CC2C3)cc1. The number of Topliss-reactive ketones (excluding diaryl/α,β-unsaturated/α-hetero) is 2. The van der Waals surface area contributed by atoms with Gasteiger partial charge in [0, 0.05) is 49.1 Å². The number of phenolic OH excluding ortho intramolecular Hbond substituents is 1. The highest BCUT2D eigenvalue weighted by Gasteiger charge is 2.64. The molecule has 0 radical (unpaired) electrons. The number of hydrogen-bond acceptors (Lipinski definition) is 10. The van der Waals surface area contributed by atoms with Crippen LogP contribution in [0.2, 0.25) is 0 Å². The number of carbonyl (C=O) groups excluding carboxylic acids is 4. The molecule has 238 valence electrons. The van der Waals surface area contributed by atoms with Crippen molar-refractivity contribution in [3.05, 3.63) is 69.5 Å². The van der Waals surface area contributed by atoms with Crippen molar-refractivity contribution in [1.29, 1.82) is 0 Å².